The maximum Gasteiger partial charge on any atom is 0.161 e. The molecule has 0 amide bonds. The molecule has 0 aliphatic carbocycles. The maximum atomic E-state index is 6.29. The summed E-state index contributed by atoms with van der Waals surface area (Å²) in [4.78, 5) is 11.4. The predicted octanol–water partition coefficient (Wildman–Crippen LogP) is 4.67. The predicted molar refractivity (Wildman–Crippen MR) is 115 cm³/mol. The fourth-order valence-electron chi connectivity index (χ4n) is 3.48. The molecular formula is C23H26N4O2. The smallest absolute Gasteiger partial charge is 0.161 e. The van der Waals surface area contributed by atoms with Crippen LogP contribution in [0.4, 0.5) is 17.3 Å². The van der Waals surface area contributed by atoms with Gasteiger partial charge in [-0.15, -0.1) is 0 Å². The van der Waals surface area contributed by atoms with Gasteiger partial charge in [0, 0.05) is 12.2 Å². The first-order valence-electron chi connectivity index (χ1n) is 10.1. The summed E-state index contributed by atoms with van der Waals surface area (Å²) >= 11 is 0. The van der Waals surface area contributed by atoms with Crippen molar-refractivity contribution in [2.24, 2.45) is 0 Å². The van der Waals surface area contributed by atoms with Gasteiger partial charge in [-0.05, 0) is 44.0 Å². The summed E-state index contributed by atoms with van der Waals surface area (Å²) in [5.74, 6) is 3.18. The third-order valence-corrected chi connectivity index (χ3v) is 4.81. The molecule has 0 radical (unpaired) electrons. The molecule has 29 heavy (non-hydrogen) atoms. The highest BCUT2D eigenvalue weighted by Crippen LogP contribution is 2.30. The lowest BCUT2D eigenvalue weighted by Crippen LogP contribution is -2.41. The maximum absolute atomic E-state index is 6.29. The van der Waals surface area contributed by atoms with Crippen LogP contribution in [0.5, 0.6) is 11.5 Å². The van der Waals surface area contributed by atoms with E-state index in [1.165, 1.54) is 0 Å². The van der Waals surface area contributed by atoms with E-state index in [-0.39, 0.29) is 6.10 Å². The minimum Gasteiger partial charge on any atom is -0.490 e. The van der Waals surface area contributed by atoms with Crippen molar-refractivity contribution in [3.63, 3.8) is 0 Å². The van der Waals surface area contributed by atoms with Gasteiger partial charge in [0.25, 0.3) is 0 Å². The van der Waals surface area contributed by atoms with Crippen LogP contribution in [-0.2, 0) is 0 Å². The molecule has 4 rings (SSSR count). The van der Waals surface area contributed by atoms with Crippen molar-refractivity contribution in [1.82, 2.24) is 9.97 Å². The van der Waals surface area contributed by atoms with Gasteiger partial charge < -0.3 is 19.7 Å². The molecule has 1 fully saturated rings. The highest BCUT2D eigenvalue weighted by Gasteiger charge is 2.23. The number of aromatic nitrogens is 2. The molecule has 0 bridgehead atoms. The van der Waals surface area contributed by atoms with Gasteiger partial charge in [0.1, 0.15) is 11.9 Å². The molecule has 3 aromatic rings. The first-order chi connectivity index (χ1) is 14.3. The van der Waals surface area contributed by atoms with E-state index in [2.05, 4.69) is 15.2 Å². The Bertz CT molecular complexity index is 920. The highest BCUT2D eigenvalue weighted by molar-refractivity contribution is 5.57. The number of hydrogen-bond acceptors (Lipinski definition) is 6. The second kappa shape index (κ2) is 9.28. The van der Waals surface area contributed by atoms with Crippen molar-refractivity contribution in [3.05, 3.63) is 67.0 Å². The van der Waals surface area contributed by atoms with Gasteiger partial charge in [-0.3, -0.25) is 4.98 Å². The number of ether oxygens (including phenoxy) is 2. The molecule has 1 N–H and O–H groups in total. The van der Waals surface area contributed by atoms with Crippen molar-refractivity contribution in [2.75, 3.05) is 29.9 Å². The van der Waals surface area contributed by atoms with Gasteiger partial charge in [-0.1, -0.05) is 30.3 Å². The Morgan fingerprint density at radius 2 is 1.83 bits per heavy atom. The Hall–Kier alpha value is -3.28. The molecule has 2 aromatic carbocycles. The summed E-state index contributed by atoms with van der Waals surface area (Å²) in [5, 5.41) is 3.31. The molecule has 1 aliphatic heterocycles. The molecule has 1 aliphatic rings. The summed E-state index contributed by atoms with van der Waals surface area (Å²) in [6.45, 7) is 4.31. The molecule has 1 atom stereocenters. The number of benzene rings is 2. The number of anilines is 3. The average molecular weight is 390 g/mol. The van der Waals surface area contributed by atoms with Crippen LogP contribution < -0.4 is 19.7 Å². The van der Waals surface area contributed by atoms with Gasteiger partial charge in [0.2, 0.25) is 0 Å². The summed E-state index contributed by atoms with van der Waals surface area (Å²) in [7, 11) is 0. The normalized spacial score (nSPS) is 16.3. The van der Waals surface area contributed by atoms with Crippen molar-refractivity contribution in [2.45, 2.75) is 25.9 Å². The average Bonchev–Trinajstić information content (AvgIpc) is 2.76. The summed E-state index contributed by atoms with van der Waals surface area (Å²) in [6, 6.07) is 17.8. The minimum atomic E-state index is 0.0814. The zero-order valence-corrected chi connectivity index (χ0v) is 16.6. The minimum absolute atomic E-state index is 0.0814. The van der Waals surface area contributed by atoms with E-state index < -0.39 is 0 Å². The lowest BCUT2D eigenvalue weighted by atomic mass is 10.1. The van der Waals surface area contributed by atoms with E-state index in [1.807, 2.05) is 67.7 Å². The lowest BCUT2D eigenvalue weighted by Gasteiger charge is -2.33. The molecule has 1 aromatic heterocycles. The van der Waals surface area contributed by atoms with Crippen LogP contribution in [0.1, 0.15) is 19.8 Å². The van der Waals surface area contributed by atoms with Gasteiger partial charge in [0.15, 0.2) is 17.3 Å². The van der Waals surface area contributed by atoms with Crippen LogP contribution in [0, 0.1) is 0 Å². The van der Waals surface area contributed by atoms with Crippen LogP contribution in [0.15, 0.2) is 67.0 Å². The third-order valence-electron chi connectivity index (χ3n) is 4.81. The van der Waals surface area contributed by atoms with Crippen LogP contribution >= 0.6 is 0 Å². The first kappa shape index (κ1) is 19.1. The number of nitrogens with one attached hydrogen (secondary N) is 1. The monoisotopic (exact) mass is 390 g/mol. The van der Waals surface area contributed by atoms with E-state index in [4.69, 9.17) is 14.5 Å². The van der Waals surface area contributed by atoms with Gasteiger partial charge in [0.05, 0.1) is 25.5 Å². The quantitative estimate of drug-likeness (QED) is 0.633. The van der Waals surface area contributed by atoms with Crippen LogP contribution in [0.3, 0.4) is 0 Å². The Balaban J connectivity index is 1.44. The van der Waals surface area contributed by atoms with Crippen LogP contribution in [0.2, 0.25) is 0 Å². The number of nitrogens with zero attached hydrogens (tertiary/aromatic N) is 3. The van der Waals surface area contributed by atoms with Crippen LogP contribution in [0.25, 0.3) is 0 Å². The Morgan fingerprint density at radius 3 is 2.66 bits per heavy atom. The zero-order chi connectivity index (χ0) is 19.9. The fraction of sp³-hybridized carbons (Fsp3) is 0.304. The molecule has 6 heteroatoms. The van der Waals surface area contributed by atoms with Crippen molar-refractivity contribution < 1.29 is 9.47 Å². The molecule has 0 saturated carbocycles. The topological polar surface area (TPSA) is 59.5 Å². The highest BCUT2D eigenvalue weighted by atomic mass is 16.5. The number of piperidine rings is 1. The van der Waals surface area contributed by atoms with Crippen molar-refractivity contribution in [1.29, 1.82) is 0 Å². The van der Waals surface area contributed by atoms with E-state index in [9.17, 15) is 0 Å². The van der Waals surface area contributed by atoms with E-state index in [0.29, 0.717) is 6.61 Å². The summed E-state index contributed by atoms with van der Waals surface area (Å²) in [5.41, 5.74) is 0.992. The van der Waals surface area contributed by atoms with Gasteiger partial charge in [-0.2, -0.15) is 0 Å². The Labute approximate surface area is 171 Å². The molecule has 6 nitrogen and oxygen atoms in total. The standard InChI is InChI=1S/C23H26N4O2/c1-2-28-20-12-6-7-13-21(20)29-19-11-8-14-27(17-19)23-16-24-15-22(26-23)25-18-9-4-3-5-10-18/h3-7,9-10,12-13,15-16,19H,2,8,11,14,17H2,1H3,(H,25,26)/t19-/m1/s1. The molecule has 1 saturated heterocycles. The number of rotatable bonds is 7. The molecule has 0 spiro atoms. The lowest BCUT2D eigenvalue weighted by molar-refractivity contribution is 0.170. The Kier molecular flexibility index (Phi) is 6.10. The third kappa shape index (κ3) is 4.96. The van der Waals surface area contributed by atoms with Gasteiger partial charge >= 0.3 is 0 Å². The SMILES string of the molecule is CCOc1ccccc1O[C@@H]1CCCN(c2cncc(Nc3ccccc3)n2)C1. The zero-order valence-electron chi connectivity index (χ0n) is 16.6. The number of hydrogen-bond donors (Lipinski definition) is 1. The Morgan fingerprint density at radius 1 is 1.03 bits per heavy atom. The van der Waals surface area contributed by atoms with E-state index >= 15 is 0 Å². The van der Waals surface area contributed by atoms with E-state index in [0.717, 1.165) is 54.8 Å². The molecule has 2 heterocycles. The fourth-order valence-corrected chi connectivity index (χ4v) is 3.48. The van der Waals surface area contributed by atoms with Gasteiger partial charge in [-0.25, -0.2) is 4.98 Å². The van der Waals surface area contributed by atoms with Crippen molar-refractivity contribution in [3.8, 4) is 11.5 Å². The summed E-state index contributed by atoms with van der Waals surface area (Å²) < 4.78 is 12.0. The van der Waals surface area contributed by atoms with Crippen molar-refractivity contribution >= 4 is 17.3 Å². The largest absolute Gasteiger partial charge is 0.490 e. The summed E-state index contributed by atoms with van der Waals surface area (Å²) in [6.07, 6.45) is 5.68. The molecule has 0 unspecified atom stereocenters. The second-order valence-electron chi connectivity index (χ2n) is 6.96. The molecule has 150 valence electrons. The molecular weight excluding hydrogens is 364 g/mol. The second-order valence-corrected chi connectivity index (χ2v) is 6.96. The number of para-hydroxylation sites is 3. The van der Waals surface area contributed by atoms with Crippen LogP contribution in [-0.4, -0.2) is 35.8 Å². The first-order valence-corrected chi connectivity index (χ1v) is 10.1. The van der Waals surface area contributed by atoms with E-state index in [1.54, 1.807) is 6.20 Å².